The van der Waals surface area contributed by atoms with E-state index in [2.05, 4.69) is 21.2 Å². The molecule has 1 fully saturated rings. The summed E-state index contributed by atoms with van der Waals surface area (Å²) in [4.78, 5) is 26.8. The first-order valence-corrected chi connectivity index (χ1v) is 9.39. The Bertz CT molecular complexity index is 890. The topological polar surface area (TPSA) is 67.9 Å². The third-order valence-corrected chi connectivity index (χ3v) is 5.34. The molecule has 1 aliphatic rings. The Morgan fingerprint density at radius 3 is 2.59 bits per heavy atom. The van der Waals surface area contributed by atoms with Crippen molar-refractivity contribution >= 4 is 50.7 Å². The highest BCUT2D eigenvalue weighted by Crippen LogP contribution is 2.37. The van der Waals surface area contributed by atoms with Gasteiger partial charge < -0.3 is 19.7 Å². The van der Waals surface area contributed by atoms with Crippen LogP contribution in [0.5, 0.6) is 11.5 Å². The molecule has 1 saturated heterocycles. The van der Waals surface area contributed by atoms with E-state index in [0.29, 0.717) is 28.8 Å². The first kappa shape index (κ1) is 19.5. The molecule has 142 valence electrons. The maximum Gasteiger partial charge on any atom is 0.229 e. The van der Waals surface area contributed by atoms with E-state index in [-0.39, 0.29) is 18.2 Å². The largest absolute Gasteiger partial charge is 0.495 e. The molecule has 1 atom stereocenters. The molecule has 1 heterocycles. The van der Waals surface area contributed by atoms with Crippen LogP contribution in [0.3, 0.4) is 0 Å². The molecular weight excluding hydrogens is 436 g/mol. The summed E-state index contributed by atoms with van der Waals surface area (Å²) in [5.41, 5.74) is 1.19. The van der Waals surface area contributed by atoms with Crippen molar-refractivity contribution in [3.63, 3.8) is 0 Å². The fraction of sp³-hybridized carbons (Fsp3) is 0.263. The van der Waals surface area contributed by atoms with Gasteiger partial charge in [-0.3, -0.25) is 9.59 Å². The predicted molar refractivity (Wildman–Crippen MR) is 108 cm³/mol. The van der Waals surface area contributed by atoms with Gasteiger partial charge in [-0.1, -0.05) is 23.7 Å². The summed E-state index contributed by atoms with van der Waals surface area (Å²) >= 11 is 9.54. The van der Waals surface area contributed by atoms with Gasteiger partial charge >= 0.3 is 0 Å². The van der Waals surface area contributed by atoms with Gasteiger partial charge in [-0.05, 0) is 28.1 Å². The van der Waals surface area contributed by atoms with Crippen LogP contribution in [0.4, 0.5) is 11.4 Å². The Hall–Kier alpha value is -2.25. The second-order valence-electron chi connectivity index (χ2n) is 6.03. The van der Waals surface area contributed by atoms with E-state index in [0.717, 1.165) is 10.2 Å². The van der Waals surface area contributed by atoms with Gasteiger partial charge in [0.15, 0.2) is 0 Å². The number of halogens is 2. The maximum atomic E-state index is 12.7. The Morgan fingerprint density at radius 1 is 1.22 bits per heavy atom. The zero-order valence-corrected chi connectivity index (χ0v) is 17.1. The number of carbonyl (C=O) groups excluding carboxylic acids is 2. The summed E-state index contributed by atoms with van der Waals surface area (Å²) < 4.78 is 11.3. The molecule has 0 bridgehead atoms. The molecule has 2 aromatic rings. The predicted octanol–water partition coefficient (Wildman–Crippen LogP) is 4.11. The van der Waals surface area contributed by atoms with E-state index in [4.69, 9.17) is 21.1 Å². The number of amides is 2. The second kappa shape index (κ2) is 8.19. The van der Waals surface area contributed by atoms with Crippen LogP contribution in [0.25, 0.3) is 0 Å². The van der Waals surface area contributed by atoms with Crippen LogP contribution < -0.4 is 19.7 Å². The highest BCUT2D eigenvalue weighted by molar-refractivity contribution is 9.10. The van der Waals surface area contributed by atoms with Crippen LogP contribution >= 0.6 is 27.5 Å². The molecular formula is C19H18BrClN2O4. The molecule has 27 heavy (non-hydrogen) atoms. The van der Waals surface area contributed by atoms with Crippen LogP contribution in [0.2, 0.25) is 5.02 Å². The van der Waals surface area contributed by atoms with Crippen molar-refractivity contribution in [3.8, 4) is 11.5 Å². The van der Waals surface area contributed by atoms with Gasteiger partial charge in [0.05, 0.1) is 36.5 Å². The van der Waals surface area contributed by atoms with Gasteiger partial charge in [0.1, 0.15) is 11.5 Å². The van der Waals surface area contributed by atoms with E-state index < -0.39 is 5.92 Å². The van der Waals surface area contributed by atoms with E-state index in [1.807, 2.05) is 24.3 Å². The summed E-state index contributed by atoms with van der Waals surface area (Å²) in [7, 11) is 2.98. The van der Waals surface area contributed by atoms with Crippen molar-refractivity contribution in [2.45, 2.75) is 6.42 Å². The third-order valence-electron chi connectivity index (χ3n) is 4.37. The number of hydrogen-bond acceptors (Lipinski definition) is 4. The number of hydrogen-bond donors (Lipinski definition) is 1. The first-order valence-electron chi connectivity index (χ1n) is 8.22. The monoisotopic (exact) mass is 452 g/mol. The zero-order chi connectivity index (χ0) is 19.6. The lowest BCUT2D eigenvalue weighted by Crippen LogP contribution is -2.28. The van der Waals surface area contributed by atoms with Crippen molar-refractivity contribution in [1.29, 1.82) is 0 Å². The van der Waals surface area contributed by atoms with Gasteiger partial charge in [-0.25, -0.2) is 0 Å². The normalized spacial score (nSPS) is 16.4. The number of anilines is 2. The molecule has 1 N–H and O–H groups in total. The molecule has 0 saturated carbocycles. The average molecular weight is 454 g/mol. The fourth-order valence-corrected chi connectivity index (χ4v) is 3.71. The van der Waals surface area contributed by atoms with Crippen LogP contribution in [-0.4, -0.2) is 32.6 Å². The summed E-state index contributed by atoms with van der Waals surface area (Å²) in [6.07, 6.45) is 0.139. The molecule has 0 radical (unpaired) electrons. The number of carbonyl (C=O) groups is 2. The van der Waals surface area contributed by atoms with Crippen molar-refractivity contribution in [3.05, 3.63) is 45.9 Å². The highest BCUT2D eigenvalue weighted by Gasteiger charge is 2.36. The summed E-state index contributed by atoms with van der Waals surface area (Å²) in [5, 5.41) is 3.20. The van der Waals surface area contributed by atoms with Crippen molar-refractivity contribution < 1.29 is 19.1 Å². The molecule has 3 rings (SSSR count). The van der Waals surface area contributed by atoms with E-state index in [1.54, 1.807) is 17.0 Å². The van der Waals surface area contributed by atoms with E-state index in [9.17, 15) is 9.59 Å². The zero-order valence-electron chi connectivity index (χ0n) is 14.8. The SMILES string of the molecule is COc1cc(NC(=O)C2CC(=O)N(c3ccccc3Br)C2)c(OC)cc1Cl. The minimum atomic E-state index is -0.476. The third kappa shape index (κ3) is 4.04. The highest BCUT2D eigenvalue weighted by atomic mass is 79.9. The lowest BCUT2D eigenvalue weighted by Gasteiger charge is -2.18. The number of para-hydroxylation sites is 1. The fourth-order valence-electron chi connectivity index (χ4n) is 2.98. The number of benzene rings is 2. The Balaban J connectivity index is 1.78. The Morgan fingerprint density at radius 2 is 1.93 bits per heavy atom. The number of nitrogens with zero attached hydrogens (tertiary/aromatic N) is 1. The molecule has 0 aliphatic carbocycles. The average Bonchev–Trinajstić information content (AvgIpc) is 3.04. The molecule has 1 aliphatic heterocycles. The molecule has 6 nitrogen and oxygen atoms in total. The molecule has 8 heteroatoms. The van der Waals surface area contributed by atoms with Crippen LogP contribution in [0, 0.1) is 5.92 Å². The lowest BCUT2D eigenvalue weighted by molar-refractivity contribution is -0.122. The number of methoxy groups -OCH3 is 2. The number of rotatable bonds is 5. The van der Waals surface area contributed by atoms with Crippen LogP contribution in [0.15, 0.2) is 40.9 Å². The molecule has 0 spiro atoms. The maximum absolute atomic E-state index is 12.7. The Labute approximate surface area is 170 Å². The minimum Gasteiger partial charge on any atom is -0.495 e. The first-order chi connectivity index (χ1) is 12.9. The van der Waals surface area contributed by atoms with E-state index in [1.165, 1.54) is 14.2 Å². The van der Waals surface area contributed by atoms with Crippen molar-refractivity contribution in [2.75, 3.05) is 31.0 Å². The smallest absolute Gasteiger partial charge is 0.229 e. The lowest BCUT2D eigenvalue weighted by atomic mass is 10.1. The van der Waals surface area contributed by atoms with Gasteiger partial charge in [0, 0.05) is 29.6 Å². The van der Waals surface area contributed by atoms with Crippen LogP contribution in [0.1, 0.15) is 6.42 Å². The summed E-state index contributed by atoms with van der Waals surface area (Å²) in [6.45, 7) is 0.306. The standard InChI is InChI=1S/C19H18BrClN2O4/c1-26-16-9-14(17(27-2)8-13(16)21)22-19(25)11-7-18(24)23(10-11)15-6-4-3-5-12(15)20/h3-6,8-9,11H,7,10H2,1-2H3,(H,22,25). The second-order valence-corrected chi connectivity index (χ2v) is 7.29. The van der Waals surface area contributed by atoms with Crippen molar-refractivity contribution in [2.24, 2.45) is 5.92 Å². The molecule has 0 aromatic heterocycles. The molecule has 1 unspecified atom stereocenters. The van der Waals surface area contributed by atoms with E-state index >= 15 is 0 Å². The Kier molecular flexibility index (Phi) is 5.92. The summed E-state index contributed by atoms with van der Waals surface area (Å²) in [5.74, 6) is 0.00510. The molecule has 2 amide bonds. The minimum absolute atomic E-state index is 0.0947. The van der Waals surface area contributed by atoms with Gasteiger partial charge in [-0.2, -0.15) is 0 Å². The van der Waals surface area contributed by atoms with Crippen LogP contribution in [-0.2, 0) is 9.59 Å². The van der Waals surface area contributed by atoms with Crippen molar-refractivity contribution in [1.82, 2.24) is 0 Å². The molecule has 2 aromatic carbocycles. The van der Waals surface area contributed by atoms with Gasteiger partial charge in [0.25, 0.3) is 0 Å². The number of nitrogens with one attached hydrogen (secondary N) is 1. The summed E-state index contributed by atoms with van der Waals surface area (Å²) in [6, 6.07) is 10.6. The number of ether oxygens (including phenoxy) is 2. The van der Waals surface area contributed by atoms with Gasteiger partial charge in [-0.15, -0.1) is 0 Å². The van der Waals surface area contributed by atoms with Gasteiger partial charge in [0.2, 0.25) is 11.8 Å². The quantitative estimate of drug-likeness (QED) is 0.740.